The van der Waals surface area contributed by atoms with Crippen LogP contribution in [-0.4, -0.2) is 27.3 Å². The number of pyridine rings is 1. The smallest absolute Gasteiger partial charge is 0.256 e. The Labute approximate surface area is 177 Å². The Morgan fingerprint density at radius 3 is 2.57 bits per heavy atom. The van der Waals surface area contributed by atoms with Gasteiger partial charge in [0.15, 0.2) is 5.65 Å². The first-order valence-corrected chi connectivity index (χ1v) is 11.0. The highest BCUT2D eigenvalue weighted by Gasteiger charge is 2.24. The van der Waals surface area contributed by atoms with Crippen molar-refractivity contribution in [3.63, 3.8) is 0 Å². The quantitative estimate of drug-likeness (QED) is 0.379. The van der Waals surface area contributed by atoms with Gasteiger partial charge in [-0.15, -0.1) is 0 Å². The minimum atomic E-state index is -3.87. The first-order valence-electron chi connectivity index (χ1n) is 9.14. The second-order valence-corrected chi connectivity index (χ2v) is 9.10. The summed E-state index contributed by atoms with van der Waals surface area (Å²) >= 11 is 6.39. The van der Waals surface area contributed by atoms with E-state index in [9.17, 15) is 8.42 Å². The zero-order valence-electron chi connectivity index (χ0n) is 15.8. The lowest BCUT2D eigenvalue weighted by atomic mass is 10.0. The molecule has 0 fully saturated rings. The maximum atomic E-state index is 13.4. The summed E-state index contributed by atoms with van der Waals surface area (Å²) in [5, 5.41) is 1.61. The van der Waals surface area contributed by atoms with Crippen molar-refractivity contribution in [2.45, 2.75) is 11.8 Å². The number of nitrogens with zero attached hydrogens (tertiary/aromatic N) is 4. The average Bonchev–Trinajstić information content (AvgIpc) is 3.16. The second kappa shape index (κ2) is 6.90. The number of benzene rings is 2. The van der Waals surface area contributed by atoms with E-state index in [0.29, 0.717) is 10.9 Å². The molecule has 6 nitrogen and oxygen atoms in total. The van der Waals surface area contributed by atoms with Gasteiger partial charge in [-0.1, -0.05) is 41.4 Å². The first kappa shape index (κ1) is 18.7. The molecule has 3 heterocycles. The van der Waals surface area contributed by atoms with E-state index in [1.807, 2.05) is 37.3 Å². The number of rotatable bonds is 3. The van der Waals surface area contributed by atoms with Crippen LogP contribution < -0.4 is 0 Å². The molecule has 0 atom stereocenters. The van der Waals surface area contributed by atoms with Gasteiger partial charge in [0.05, 0.1) is 15.8 Å². The van der Waals surface area contributed by atoms with Crippen LogP contribution in [0.2, 0.25) is 5.15 Å². The molecule has 0 N–H and O–H groups in total. The topological polar surface area (TPSA) is 77.7 Å². The van der Waals surface area contributed by atoms with Crippen LogP contribution in [0.3, 0.4) is 0 Å². The maximum Gasteiger partial charge on any atom is 0.269 e. The number of aromatic nitrogens is 4. The zero-order chi connectivity index (χ0) is 20.9. The number of aryl methyl sites for hydroxylation is 1. The lowest BCUT2D eigenvalue weighted by Crippen LogP contribution is -2.12. The summed E-state index contributed by atoms with van der Waals surface area (Å²) in [5.41, 5.74) is 3.49. The monoisotopic (exact) mass is 434 g/mol. The maximum absolute atomic E-state index is 13.4. The van der Waals surface area contributed by atoms with Crippen molar-refractivity contribution in [2.24, 2.45) is 0 Å². The third-order valence-corrected chi connectivity index (χ3v) is 6.95. The predicted octanol–water partition coefficient (Wildman–Crippen LogP) is 4.85. The Bertz CT molecular complexity index is 1530. The minimum Gasteiger partial charge on any atom is -0.256 e. The zero-order valence-corrected chi connectivity index (χ0v) is 17.4. The average molecular weight is 435 g/mol. The predicted molar refractivity (Wildman–Crippen MR) is 117 cm³/mol. The van der Waals surface area contributed by atoms with Crippen molar-refractivity contribution >= 4 is 43.6 Å². The molecule has 0 aliphatic rings. The number of hydrogen-bond acceptors (Lipinski definition) is 5. The molecule has 3 aromatic heterocycles. The highest BCUT2D eigenvalue weighted by Crippen LogP contribution is 2.36. The third kappa shape index (κ3) is 2.94. The Balaban J connectivity index is 1.79. The standard InChI is InChI=1S/C22H15ClN4O2S/c1-14-4-7-17(8-5-14)30(28,29)27-12-18(20-21(23)25-13-26-22(20)27)15-6-9-19-16(11-15)3-2-10-24-19/h2-13H,1H3. The Morgan fingerprint density at radius 1 is 0.967 bits per heavy atom. The second-order valence-electron chi connectivity index (χ2n) is 6.93. The summed E-state index contributed by atoms with van der Waals surface area (Å²) in [6.45, 7) is 1.90. The molecule has 148 valence electrons. The molecule has 0 aliphatic heterocycles. The van der Waals surface area contributed by atoms with Crippen molar-refractivity contribution < 1.29 is 8.42 Å². The van der Waals surface area contributed by atoms with Crippen LogP contribution in [0.25, 0.3) is 33.1 Å². The van der Waals surface area contributed by atoms with Crippen LogP contribution in [0, 0.1) is 6.92 Å². The van der Waals surface area contributed by atoms with Crippen molar-refractivity contribution in [1.82, 2.24) is 18.9 Å². The van der Waals surface area contributed by atoms with Gasteiger partial charge < -0.3 is 0 Å². The van der Waals surface area contributed by atoms with Crippen LogP contribution in [0.15, 0.2) is 78.2 Å². The largest absolute Gasteiger partial charge is 0.269 e. The van der Waals surface area contributed by atoms with Gasteiger partial charge in [-0.05, 0) is 42.8 Å². The molecule has 0 spiro atoms. The SMILES string of the molecule is Cc1ccc(S(=O)(=O)n2cc(-c3ccc4ncccc4c3)c3c(Cl)ncnc32)cc1. The van der Waals surface area contributed by atoms with Gasteiger partial charge in [-0.25, -0.2) is 22.4 Å². The molecule has 0 saturated heterocycles. The van der Waals surface area contributed by atoms with Gasteiger partial charge in [0, 0.05) is 23.3 Å². The van der Waals surface area contributed by atoms with E-state index < -0.39 is 10.0 Å². The molecule has 8 heteroatoms. The van der Waals surface area contributed by atoms with Crippen molar-refractivity contribution in [2.75, 3.05) is 0 Å². The molecule has 0 saturated carbocycles. The van der Waals surface area contributed by atoms with Crippen LogP contribution in [0.5, 0.6) is 0 Å². The van der Waals surface area contributed by atoms with Gasteiger partial charge in [-0.3, -0.25) is 4.98 Å². The number of halogens is 1. The molecule has 5 aromatic rings. The molecule has 0 radical (unpaired) electrons. The van der Waals surface area contributed by atoms with Crippen molar-refractivity contribution in [3.05, 3.63) is 84.0 Å². The molecule has 2 aromatic carbocycles. The van der Waals surface area contributed by atoms with E-state index in [-0.39, 0.29) is 15.7 Å². The molecule has 0 bridgehead atoms. The van der Waals surface area contributed by atoms with E-state index in [0.717, 1.165) is 22.0 Å². The van der Waals surface area contributed by atoms with Crippen LogP contribution >= 0.6 is 11.6 Å². The summed E-state index contributed by atoms with van der Waals surface area (Å²) in [6.07, 6.45) is 4.55. The molecule has 0 aliphatic carbocycles. The van der Waals surface area contributed by atoms with E-state index in [2.05, 4.69) is 15.0 Å². The molecule has 5 rings (SSSR count). The normalized spacial score (nSPS) is 11.9. The Hall–Kier alpha value is -3.29. The van der Waals surface area contributed by atoms with Gasteiger partial charge in [-0.2, -0.15) is 0 Å². The van der Waals surface area contributed by atoms with E-state index in [1.54, 1.807) is 36.7 Å². The third-order valence-electron chi connectivity index (χ3n) is 5.00. The molecule has 0 amide bonds. The summed E-state index contributed by atoms with van der Waals surface area (Å²) < 4.78 is 27.9. The first-order chi connectivity index (χ1) is 14.4. The van der Waals surface area contributed by atoms with Crippen molar-refractivity contribution in [1.29, 1.82) is 0 Å². The molecule has 0 unspecified atom stereocenters. The van der Waals surface area contributed by atoms with Gasteiger partial charge >= 0.3 is 0 Å². The van der Waals surface area contributed by atoms with Gasteiger partial charge in [0.2, 0.25) is 0 Å². The van der Waals surface area contributed by atoms with E-state index >= 15 is 0 Å². The van der Waals surface area contributed by atoms with E-state index in [4.69, 9.17) is 11.6 Å². The fourth-order valence-corrected chi connectivity index (χ4v) is 5.01. The summed E-state index contributed by atoms with van der Waals surface area (Å²) in [6, 6.07) is 16.2. The van der Waals surface area contributed by atoms with Crippen LogP contribution in [-0.2, 0) is 10.0 Å². The summed E-state index contributed by atoms with van der Waals surface area (Å²) in [5.74, 6) is 0. The van der Waals surface area contributed by atoms with Gasteiger partial charge in [0.1, 0.15) is 11.5 Å². The molecular formula is C22H15ClN4O2S. The van der Waals surface area contributed by atoms with Crippen molar-refractivity contribution in [3.8, 4) is 11.1 Å². The fraction of sp³-hybridized carbons (Fsp3) is 0.0455. The Morgan fingerprint density at radius 2 is 1.77 bits per heavy atom. The Kier molecular flexibility index (Phi) is 4.30. The minimum absolute atomic E-state index is 0.175. The lowest BCUT2D eigenvalue weighted by Gasteiger charge is -2.07. The fourth-order valence-electron chi connectivity index (χ4n) is 3.47. The number of hydrogen-bond donors (Lipinski definition) is 0. The molecular weight excluding hydrogens is 420 g/mol. The summed E-state index contributed by atoms with van der Waals surface area (Å²) in [4.78, 5) is 12.8. The van der Waals surface area contributed by atoms with E-state index in [1.165, 1.54) is 10.3 Å². The highest BCUT2D eigenvalue weighted by molar-refractivity contribution is 7.90. The number of fused-ring (bicyclic) bond motifs is 2. The van der Waals surface area contributed by atoms with Crippen LogP contribution in [0.1, 0.15) is 5.56 Å². The molecule has 30 heavy (non-hydrogen) atoms. The highest BCUT2D eigenvalue weighted by atomic mass is 35.5. The van der Waals surface area contributed by atoms with Crippen LogP contribution in [0.4, 0.5) is 0 Å². The summed E-state index contributed by atoms with van der Waals surface area (Å²) in [7, 11) is -3.87. The van der Waals surface area contributed by atoms with Gasteiger partial charge in [0.25, 0.3) is 10.0 Å². The lowest BCUT2D eigenvalue weighted by molar-refractivity contribution is 0.588.